The van der Waals surface area contributed by atoms with Gasteiger partial charge in [-0.05, 0) is 49.4 Å². The lowest BCUT2D eigenvalue weighted by Gasteiger charge is -2.24. The molecule has 0 unspecified atom stereocenters. The van der Waals surface area contributed by atoms with Crippen LogP contribution in [0.25, 0.3) is 0 Å². The second-order valence-corrected chi connectivity index (χ2v) is 8.98. The first-order valence-corrected chi connectivity index (χ1v) is 11.3. The number of hydrogen-bond donors (Lipinski definition) is 2. The molecule has 0 saturated carbocycles. The Morgan fingerprint density at radius 1 is 1.00 bits per heavy atom. The van der Waals surface area contributed by atoms with Crippen LogP contribution in [0.3, 0.4) is 0 Å². The third-order valence-electron chi connectivity index (χ3n) is 4.72. The monoisotopic (exact) mass is 491 g/mol. The Bertz CT molecular complexity index is 1310. The van der Waals surface area contributed by atoms with E-state index in [9.17, 15) is 31.5 Å². The zero-order valence-electron chi connectivity index (χ0n) is 17.8. The van der Waals surface area contributed by atoms with Crippen LogP contribution in [-0.2, 0) is 21.0 Å². The number of sulfonamides is 1. The van der Waals surface area contributed by atoms with Crippen molar-refractivity contribution < 1.29 is 31.5 Å². The molecule has 11 heteroatoms. The number of phenols is 1. The highest BCUT2D eigenvalue weighted by Gasteiger charge is 2.33. The van der Waals surface area contributed by atoms with Crippen LogP contribution in [0.15, 0.2) is 88.9 Å². The molecule has 0 aliphatic rings. The van der Waals surface area contributed by atoms with E-state index in [1.807, 2.05) is 0 Å². The minimum Gasteiger partial charge on any atom is -0.507 e. The fourth-order valence-corrected chi connectivity index (χ4v) is 4.46. The fourth-order valence-electron chi connectivity index (χ4n) is 3.02. The van der Waals surface area contributed by atoms with Gasteiger partial charge in [-0.1, -0.05) is 36.4 Å². The number of carbonyl (C=O) groups is 1. The second-order valence-electron chi connectivity index (χ2n) is 7.12. The number of phenolic OH excluding ortho intramolecular Hbond substituents is 1. The zero-order valence-corrected chi connectivity index (χ0v) is 18.6. The number of hydrazone groups is 1. The summed E-state index contributed by atoms with van der Waals surface area (Å²) in [6, 6.07) is 17.0. The van der Waals surface area contributed by atoms with Crippen LogP contribution in [-0.4, -0.2) is 31.7 Å². The predicted octanol–water partition coefficient (Wildman–Crippen LogP) is 4.15. The number of nitrogens with zero attached hydrogens (tertiary/aromatic N) is 2. The maximum Gasteiger partial charge on any atom is 0.416 e. The first kappa shape index (κ1) is 24.8. The molecule has 0 heterocycles. The summed E-state index contributed by atoms with van der Waals surface area (Å²) in [6.07, 6.45) is -4.71. The molecular weight excluding hydrogens is 471 g/mol. The standard InChI is InChI=1S/C23H20F3N3O4S/c1-16(20-12-5-6-13-21(20)30)27-28-22(31)15-29(34(32,33)19-10-3-2-4-11-19)18-9-7-8-17(14-18)23(24,25)26/h2-14,30H,15H2,1H3,(H,28,31)/b27-16+. The van der Waals surface area contributed by atoms with Crippen molar-refractivity contribution in [3.05, 3.63) is 90.0 Å². The molecule has 0 fully saturated rings. The fraction of sp³-hybridized carbons (Fsp3) is 0.130. The molecule has 7 nitrogen and oxygen atoms in total. The number of halogens is 3. The van der Waals surface area contributed by atoms with Crippen LogP contribution in [0.4, 0.5) is 18.9 Å². The van der Waals surface area contributed by atoms with Gasteiger partial charge < -0.3 is 5.11 Å². The average molecular weight is 491 g/mol. The Morgan fingerprint density at radius 2 is 1.65 bits per heavy atom. The highest BCUT2D eigenvalue weighted by molar-refractivity contribution is 7.92. The lowest BCUT2D eigenvalue weighted by Crippen LogP contribution is -2.39. The van der Waals surface area contributed by atoms with Gasteiger partial charge in [-0.15, -0.1) is 0 Å². The lowest BCUT2D eigenvalue weighted by atomic mass is 10.1. The molecule has 0 bridgehead atoms. The third-order valence-corrected chi connectivity index (χ3v) is 6.51. The number of rotatable bonds is 7. The van der Waals surface area contributed by atoms with Crippen molar-refractivity contribution in [1.82, 2.24) is 5.43 Å². The van der Waals surface area contributed by atoms with Crippen LogP contribution >= 0.6 is 0 Å². The summed E-state index contributed by atoms with van der Waals surface area (Å²) < 4.78 is 66.7. The number of benzene rings is 3. The van der Waals surface area contributed by atoms with Gasteiger partial charge in [0.25, 0.3) is 15.9 Å². The van der Waals surface area contributed by atoms with Crippen LogP contribution in [0.2, 0.25) is 0 Å². The van der Waals surface area contributed by atoms with Gasteiger partial charge in [0.2, 0.25) is 0 Å². The zero-order chi connectivity index (χ0) is 24.9. The summed E-state index contributed by atoms with van der Waals surface area (Å²) in [6.45, 7) is 0.677. The first-order valence-electron chi connectivity index (χ1n) is 9.86. The number of para-hydroxylation sites is 1. The molecule has 34 heavy (non-hydrogen) atoms. The molecule has 3 aromatic rings. The van der Waals surface area contributed by atoms with E-state index in [0.29, 0.717) is 15.9 Å². The normalized spacial score (nSPS) is 12.3. The van der Waals surface area contributed by atoms with E-state index in [2.05, 4.69) is 10.5 Å². The van der Waals surface area contributed by atoms with Gasteiger partial charge in [0.15, 0.2) is 0 Å². The molecule has 178 valence electrons. The number of hydrogen-bond acceptors (Lipinski definition) is 5. The van der Waals surface area contributed by atoms with E-state index in [-0.39, 0.29) is 22.0 Å². The van der Waals surface area contributed by atoms with Gasteiger partial charge in [0.1, 0.15) is 12.3 Å². The highest BCUT2D eigenvalue weighted by Crippen LogP contribution is 2.33. The maximum atomic E-state index is 13.2. The van der Waals surface area contributed by atoms with Gasteiger partial charge in [-0.3, -0.25) is 9.10 Å². The van der Waals surface area contributed by atoms with E-state index >= 15 is 0 Å². The predicted molar refractivity (Wildman–Crippen MR) is 121 cm³/mol. The van der Waals surface area contributed by atoms with Crippen LogP contribution in [0.5, 0.6) is 5.75 Å². The van der Waals surface area contributed by atoms with Crippen LogP contribution in [0, 0.1) is 0 Å². The van der Waals surface area contributed by atoms with Crippen molar-refractivity contribution >= 4 is 27.3 Å². The van der Waals surface area contributed by atoms with Crippen LogP contribution < -0.4 is 9.73 Å². The molecule has 0 aromatic heterocycles. The molecule has 3 rings (SSSR count). The maximum absolute atomic E-state index is 13.2. The van der Waals surface area contributed by atoms with E-state index in [1.54, 1.807) is 24.3 Å². The van der Waals surface area contributed by atoms with Gasteiger partial charge >= 0.3 is 6.18 Å². The van der Waals surface area contributed by atoms with Gasteiger partial charge in [0, 0.05) is 5.56 Å². The number of nitrogens with one attached hydrogen (secondary N) is 1. The van der Waals surface area contributed by atoms with Gasteiger partial charge in [-0.2, -0.15) is 18.3 Å². The Labute approximate surface area is 194 Å². The molecule has 0 spiro atoms. The third kappa shape index (κ3) is 5.73. The number of carbonyl (C=O) groups excluding carboxylic acids is 1. The summed E-state index contributed by atoms with van der Waals surface area (Å²) in [7, 11) is -4.39. The largest absolute Gasteiger partial charge is 0.507 e. The Morgan fingerprint density at radius 3 is 2.29 bits per heavy atom. The molecule has 0 radical (unpaired) electrons. The summed E-state index contributed by atoms with van der Waals surface area (Å²) in [5.41, 5.74) is 1.37. The van der Waals surface area contributed by atoms with Crippen molar-refractivity contribution in [1.29, 1.82) is 0 Å². The van der Waals surface area contributed by atoms with Crippen molar-refractivity contribution in [3.63, 3.8) is 0 Å². The van der Waals surface area contributed by atoms with Gasteiger partial charge in [0.05, 0.1) is 21.9 Å². The molecule has 1 amide bonds. The minimum atomic E-state index is -4.71. The van der Waals surface area contributed by atoms with Crippen molar-refractivity contribution in [2.24, 2.45) is 5.10 Å². The SMILES string of the molecule is C/C(=N\NC(=O)CN(c1cccc(C(F)(F)F)c1)S(=O)(=O)c1ccccc1)c1ccccc1O. The second kappa shape index (κ2) is 9.96. The highest BCUT2D eigenvalue weighted by atomic mass is 32.2. The van der Waals surface area contributed by atoms with E-state index in [0.717, 1.165) is 12.1 Å². The van der Waals surface area contributed by atoms with Crippen molar-refractivity contribution in [2.45, 2.75) is 18.0 Å². The van der Waals surface area contributed by atoms with Crippen molar-refractivity contribution in [2.75, 3.05) is 10.8 Å². The Kier molecular flexibility index (Phi) is 7.26. The molecule has 3 aromatic carbocycles. The summed E-state index contributed by atoms with van der Waals surface area (Å²) >= 11 is 0. The number of aromatic hydroxyl groups is 1. The molecule has 0 aliphatic carbocycles. The summed E-state index contributed by atoms with van der Waals surface area (Å²) in [5, 5.41) is 13.8. The van der Waals surface area contributed by atoms with Crippen LogP contribution in [0.1, 0.15) is 18.1 Å². The molecule has 0 aliphatic heterocycles. The van der Waals surface area contributed by atoms with E-state index < -0.39 is 34.2 Å². The van der Waals surface area contributed by atoms with E-state index in [4.69, 9.17) is 0 Å². The minimum absolute atomic E-state index is 0.0738. The van der Waals surface area contributed by atoms with Crippen molar-refractivity contribution in [3.8, 4) is 5.75 Å². The summed E-state index contributed by atoms with van der Waals surface area (Å²) in [4.78, 5) is 12.4. The molecule has 2 N–H and O–H groups in total. The molecule has 0 atom stereocenters. The summed E-state index contributed by atoms with van der Waals surface area (Å²) in [5.74, 6) is -0.970. The topological polar surface area (TPSA) is 99.1 Å². The molecule has 0 saturated heterocycles. The number of alkyl halides is 3. The smallest absolute Gasteiger partial charge is 0.416 e. The quantitative estimate of drug-likeness (QED) is 0.383. The number of anilines is 1. The average Bonchev–Trinajstić information content (AvgIpc) is 2.81. The first-order chi connectivity index (χ1) is 16.0. The number of amides is 1. The van der Waals surface area contributed by atoms with E-state index in [1.165, 1.54) is 43.3 Å². The molecular formula is C23H20F3N3O4S. The van der Waals surface area contributed by atoms with Gasteiger partial charge in [-0.25, -0.2) is 13.8 Å². The lowest BCUT2D eigenvalue weighted by molar-refractivity contribution is -0.137. The Balaban J connectivity index is 1.94. The Hall–Kier alpha value is -3.86.